The Hall–Kier alpha value is -1.73. The van der Waals surface area contributed by atoms with E-state index in [2.05, 4.69) is 6.07 Å². The molecular formula is C12H16N2O2. The lowest BCUT2D eigenvalue weighted by Crippen LogP contribution is -2.09. The second-order valence-electron chi connectivity index (χ2n) is 3.55. The first-order valence-electron chi connectivity index (χ1n) is 5.04. The Balaban J connectivity index is 3.32. The van der Waals surface area contributed by atoms with E-state index in [0.29, 0.717) is 23.6 Å². The molecule has 0 heterocycles. The Morgan fingerprint density at radius 2 is 2.06 bits per heavy atom. The van der Waals surface area contributed by atoms with Gasteiger partial charge < -0.3 is 15.2 Å². The predicted octanol–water partition coefficient (Wildman–Crippen LogP) is 1.64. The smallest absolute Gasteiger partial charge is 0.178 e. The third kappa shape index (κ3) is 2.26. The molecule has 0 amide bonds. The lowest BCUT2D eigenvalue weighted by Gasteiger charge is -2.14. The average molecular weight is 220 g/mol. The van der Waals surface area contributed by atoms with Crippen LogP contribution in [0.1, 0.15) is 24.0 Å². The Bertz CT molecular complexity index is 410. The van der Waals surface area contributed by atoms with Crippen molar-refractivity contribution < 1.29 is 9.47 Å². The Kier molecular flexibility index (Phi) is 4.15. The van der Waals surface area contributed by atoms with Crippen LogP contribution in [-0.4, -0.2) is 20.8 Å². The molecule has 0 saturated carbocycles. The van der Waals surface area contributed by atoms with E-state index >= 15 is 0 Å². The van der Waals surface area contributed by atoms with Gasteiger partial charge >= 0.3 is 0 Å². The van der Waals surface area contributed by atoms with Gasteiger partial charge in [-0.15, -0.1) is 0 Å². The largest absolute Gasteiger partial charge is 0.493 e. The van der Waals surface area contributed by atoms with Gasteiger partial charge in [0.15, 0.2) is 11.5 Å². The van der Waals surface area contributed by atoms with Gasteiger partial charge in [0.05, 0.1) is 19.8 Å². The maximum atomic E-state index is 9.03. The molecule has 0 bridgehead atoms. The van der Waals surface area contributed by atoms with Crippen LogP contribution in [0.5, 0.6) is 11.5 Å². The van der Waals surface area contributed by atoms with Gasteiger partial charge in [-0.2, -0.15) is 5.26 Å². The van der Waals surface area contributed by atoms with Crippen LogP contribution in [0, 0.1) is 11.3 Å². The maximum Gasteiger partial charge on any atom is 0.178 e. The van der Waals surface area contributed by atoms with Crippen LogP contribution in [0.25, 0.3) is 0 Å². The summed E-state index contributed by atoms with van der Waals surface area (Å²) in [5.74, 6) is 1.22. The van der Waals surface area contributed by atoms with Gasteiger partial charge in [-0.25, -0.2) is 0 Å². The standard InChI is InChI=1S/C12H16N2O2/c1-8(6-13)9-4-10(7-14)12(16-3)11(5-9)15-2/h4-5,8H,6,13H2,1-3H3. The average Bonchev–Trinajstić information content (AvgIpc) is 2.35. The van der Waals surface area contributed by atoms with E-state index in [1.54, 1.807) is 13.2 Å². The Labute approximate surface area is 95.6 Å². The van der Waals surface area contributed by atoms with Crippen LogP contribution in [0.3, 0.4) is 0 Å². The number of ether oxygens (including phenoxy) is 2. The number of nitriles is 1. The minimum Gasteiger partial charge on any atom is -0.493 e. The second kappa shape index (κ2) is 5.38. The summed E-state index contributed by atoms with van der Waals surface area (Å²) in [6.07, 6.45) is 0. The van der Waals surface area contributed by atoms with Crippen molar-refractivity contribution in [3.63, 3.8) is 0 Å². The zero-order valence-corrected chi connectivity index (χ0v) is 9.78. The van der Waals surface area contributed by atoms with E-state index in [1.165, 1.54) is 7.11 Å². The molecule has 86 valence electrons. The normalized spacial score (nSPS) is 11.7. The third-order valence-corrected chi connectivity index (χ3v) is 2.54. The van der Waals surface area contributed by atoms with Crippen molar-refractivity contribution in [3.05, 3.63) is 23.3 Å². The summed E-state index contributed by atoms with van der Waals surface area (Å²) in [7, 11) is 3.07. The molecule has 0 aromatic heterocycles. The molecule has 0 aliphatic carbocycles. The monoisotopic (exact) mass is 220 g/mol. The highest BCUT2D eigenvalue weighted by molar-refractivity contribution is 5.55. The zero-order valence-electron chi connectivity index (χ0n) is 9.78. The summed E-state index contributed by atoms with van der Waals surface area (Å²) in [6, 6.07) is 5.74. The number of hydrogen-bond donors (Lipinski definition) is 1. The maximum absolute atomic E-state index is 9.03. The van der Waals surface area contributed by atoms with E-state index in [9.17, 15) is 0 Å². The fraction of sp³-hybridized carbons (Fsp3) is 0.417. The lowest BCUT2D eigenvalue weighted by molar-refractivity contribution is 0.353. The van der Waals surface area contributed by atoms with Gasteiger partial charge in [0.25, 0.3) is 0 Å². The van der Waals surface area contributed by atoms with E-state index < -0.39 is 0 Å². The first kappa shape index (κ1) is 12.3. The summed E-state index contributed by atoms with van der Waals surface area (Å²) < 4.78 is 10.3. The number of methoxy groups -OCH3 is 2. The van der Waals surface area contributed by atoms with E-state index in [1.807, 2.05) is 13.0 Å². The molecule has 4 heteroatoms. The molecular weight excluding hydrogens is 204 g/mol. The number of nitrogens with two attached hydrogens (primary N) is 1. The molecule has 2 N–H and O–H groups in total. The van der Waals surface area contributed by atoms with Crippen molar-refractivity contribution in [1.29, 1.82) is 5.26 Å². The topological polar surface area (TPSA) is 68.3 Å². The molecule has 4 nitrogen and oxygen atoms in total. The number of hydrogen-bond acceptors (Lipinski definition) is 4. The molecule has 1 atom stereocenters. The molecule has 0 aliphatic heterocycles. The summed E-state index contributed by atoms with van der Waals surface area (Å²) in [6.45, 7) is 2.53. The van der Waals surface area contributed by atoms with Crippen LogP contribution in [0.4, 0.5) is 0 Å². The fourth-order valence-corrected chi connectivity index (χ4v) is 1.49. The Morgan fingerprint density at radius 1 is 1.38 bits per heavy atom. The zero-order chi connectivity index (χ0) is 12.1. The van der Waals surface area contributed by atoms with Gasteiger partial charge in [-0.05, 0) is 30.2 Å². The molecule has 0 saturated heterocycles. The van der Waals surface area contributed by atoms with E-state index in [4.69, 9.17) is 20.5 Å². The minimum absolute atomic E-state index is 0.187. The van der Waals surface area contributed by atoms with Crippen molar-refractivity contribution in [2.45, 2.75) is 12.8 Å². The molecule has 0 spiro atoms. The number of nitrogens with zero attached hydrogens (tertiary/aromatic N) is 1. The highest BCUT2D eigenvalue weighted by atomic mass is 16.5. The molecule has 0 radical (unpaired) electrons. The molecule has 1 aromatic rings. The second-order valence-corrected chi connectivity index (χ2v) is 3.55. The van der Waals surface area contributed by atoms with Crippen molar-refractivity contribution in [2.24, 2.45) is 5.73 Å². The fourth-order valence-electron chi connectivity index (χ4n) is 1.49. The molecule has 0 fully saturated rings. The summed E-state index contributed by atoms with van der Waals surface area (Å²) in [4.78, 5) is 0. The van der Waals surface area contributed by atoms with Crippen LogP contribution in [0.2, 0.25) is 0 Å². The van der Waals surface area contributed by atoms with Crippen molar-refractivity contribution >= 4 is 0 Å². The quantitative estimate of drug-likeness (QED) is 0.837. The summed E-state index contributed by atoms with van der Waals surface area (Å²) in [5.41, 5.74) is 7.06. The number of benzene rings is 1. The Morgan fingerprint density at radius 3 is 2.50 bits per heavy atom. The van der Waals surface area contributed by atoms with Crippen LogP contribution < -0.4 is 15.2 Å². The van der Waals surface area contributed by atoms with E-state index in [-0.39, 0.29) is 5.92 Å². The first-order chi connectivity index (χ1) is 7.67. The molecule has 1 unspecified atom stereocenters. The molecule has 0 aliphatic rings. The van der Waals surface area contributed by atoms with Crippen LogP contribution >= 0.6 is 0 Å². The SMILES string of the molecule is COc1cc(C(C)CN)cc(C#N)c1OC. The third-order valence-electron chi connectivity index (χ3n) is 2.54. The lowest BCUT2D eigenvalue weighted by atomic mass is 9.98. The summed E-state index contributed by atoms with van der Waals surface area (Å²) in [5, 5.41) is 9.03. The van der Waals surface area contributed by atoms with Gasteiger partial charge in [-0.1, -0.05) is 6.92 Å². The molecule has 1 rings (SSSR count). The number of rotatable bonds is 4. The van der Waals surface area contributed by atoms with Crippen LogP contribution in [0.15, 0.2) is 12.1 Å². The predicted molar refractivity (Wildman–Crippen MR) is 61.7 cm³/mol. The van der Waals surface area contributed by atoms with Gasteiger partial charge in [0, 0.05) is 0 Å². The van der Waals surface area contributed by atoms with Gasteiger partial charge in [0.1, 0.15) is 6.07 Å². The molecule has 1 aromatic carbocycles. The van der Waals surface area contributed by atoms with Crippen LogP contribution in [-0.2, 0) is 0 Å². The van der Waals surface area contributed by atoms with Gasteiger partial charge in [-0.3, -0.25) is 0 Å². The first-order valence-corrected chi connectivity index (χ1v) is 5.04. The van der Waals surface area contributed by atoms with Crippen molar-refractivity contribution in [2.75, 3.05) is 20.8 Å². The van der Waals surface area contributed by atoms with Crippen molar-refractivity contribution in [3.8, 4) is 17.6 Å². The molecule has 16 heavy (non-hydrogen) atoms. The van der Waals surface area contributed by atoms with Crippen molar-refractivity contribution in [1.82, 2.24) is 0 Å². The highest BCUT2D eigenvalue weighted by Crippen LogP contribution is 2.34. The highest BCUT2D eigenvalue weighted by Gasteiger charge is 2.14. The van der Waals surface area contributed by atoms with Gasteiger partial charge in [0.2, 0.25) is 0 Å². The van der Waals surface area contributed by atoms with E-state index in [0.717, 1.165) is 5.56 Å². The summed E-state index contributed by atoms with van der Waals surface area (Å²) >= 11 is 0. The minimum atomic E-state index is 0.187.